The molecule has 6 fully saturated rings. The second-order valence-electron chi connectivity index (χ2n) is 22.8. The maximum absolute atomic E-state index is 14.7. The van der Waals surface area contributed by atoms with Crippen LogP contribution < -0.4 is 60.2 Å². The fraction of sp³-hybridized carbons (Fsp3) is 0.517. The third-order valence-electron chi connectivity index (χ3n) is 15.6. The monoisotopic (exact) mass is 1290 g/mol. The molecule has 6 saturated heterocycles. The summed E-state index contributed by atoms with van der Waals surface area (Å²) in [5.41, 5.74) is 24.3. The van der Waals surface area contributed by atoms with Gasteiger partial charge in [-0.15, -0.1) is 11.8 Å². The number of hydrogen-bond donors (Lipinski definition) is 13. The van der Waals surface area contributed by atoms with Crippen molar-refractivity contribution >= 4 is 116 Å². The fourth-order valence-corrected chi connectivity index (χ4v) is 13.3. The molecule has 7 heterocycles. The van der Waals surface area contributed by atoms with Gasteiger partial charge in [-0.3, -0.25) is 67.3 Å². The number of aromatic amines is 1. The number of Topliss-reactive ketones (excluding diaryl/α,β-unsaturated/α-hetero) is 1. The van der Waals surface area contributed by atoms with E-state index in [9.17, 15) is 67.4 Å². The summed E-state index contributed by atoms with van der Waals surface area (Å²) in [6, 6.07) is 2.86. The van der Waals surface area contributed by atoms with Gasteiger partial charge in [0.05, 0.1) is 37.5 Å². The first-order valence-corrected chi connectivity index (χ1v) is 31.6. The summed E-state index contributed by atoms with van der Waals surface area (Å²) in [5, 5.41) is 27.6. The molecule has 17 N–H and O–H groups in total. The number of nitrogens with two attached hydrogens (primary N) is 4. The highest BCUT2D eigenvalue weighted by molar-refractivity contribution is 8.13. The summed E-state index contributed by atoms with van der Waals surface area (Å²) in [5.74, 6) is -11.8. The summed E-state index contributed by atoms with van der Waals surface area (Å²) in [7, 11) is 0. The number of para-hydroxylation sites is 1. The van der Waals surface area contributed by atoms with Crippen molar-refractivity contribution in [2.24, 2.45) is 33.8 Å². The van der Waals surface area contributed by atoms with Crippen LogP contribution in [0.2, 0.25) is 0 Å². The Labute approximate surface area is 526 Å². The van der Waals surface area contributed by atoms with E-state index in [2.05, 4.69) is 47.2 Å². The van der Waals surface area contributed by atoms with Crippen molar-refractivity contribution in [1.29, 1.82) is 0 Å². The summed E-state index contributed by atoms with van der Waals surface area (Å²) in [6.07, 6.45) is 0.111. The molecule has 0 aliphatic carbocycles. The van der Waals surface area contributed by atoms with Crippen molar-refractivity contribution in [2.45, 2.75) is 138 Å². The van der Waals surface area contributed by atoms with Gasteiger partial charge in [0.15, 0.2) is 11.7 Å². The van der Waals surface area contributed by atoms with E-state index >= 15 is 0 Å². The lowest BCUT2D eigenvalue weighted by atomic mass is 10.00. The molecule has 486 valence electrons. The highest BCUT2D eigenvalue weighted by Crippen LogP contribution is 2.33. The SMILES string of the molecule is CC(C)C[C@@H]1NC(=O)[C@H](Cc2ccccc2)NC(=O)[C@@H]2CCCN2C(=O)[C@H](CCCN=C(N)N)NC(=O)CN2CC3SC[C@H](NC(=O)[C@H](CCC(N)=O)NC(=O)[C@H](Cc4c[nH]c5ccccc45)NC(=O)SCC(C(=O)CN)NC1=O)C(=O)N3[C@@H](CC(=O)O)C2=O. The van der Waals surface area contributed by atoms with E-state index in [0.717, 1.165) is 21.6 Å². The maximum atomic E-state index is 14.7. The molecule has 1 aromatic heterocycles. The molecule has 9 rings (SSSR count). The van der Waals surface area contributed by atoms with E-state index in [1.54, 1.807) is 74.6 Å². The van der Waals surface area contributed by atoms with Gasteiger partial charge in [-0.1, -0.05) is 74.1 Å². The molecule has 30 nitrogen and oxygen atoms in total. The maximum Gasteiger partial charge on any atom is 0.305 e. The Morgan fingerprint density at radius 2 is 1.39 bits per heavy atom. The third-order valence-corrected chi connectivity index (χ3v) is 17.8. The largest absolute Gasteiger partial charge is 0.481 e. The van der Waals surface area contributed by atoms with E-state index in [-0.39, 0.29) is 75.8 Å². The number of hydrogen-bond acceptors (Lipinski definition) is 17. The fourth-order valence-electron chi connectivity index (χ4n) is 11.2. The zero-order chi connectivity index (χ0) is 65.3. The average molecular weight is 1290 g/mol. The number of H-pyrrole nitrogens is 1. The highest BCUT2D eigenvalue weighted by Gasteiger charge is 2.50. The Morgan fingerprint density at radius 3 is 2.08 bits per heavy atom. The Kier molecular flexibility index (Phi) is 24.5. The first-order valence-electron chi connectivity index (χ1n) is 29.6. The second-order valence-corrected chi connectivity index (χ2v) is 25.0. The standard InChI is InChI=1S/C58H78N16O14S2/c1-30(2)20-37-50(81)69-40(44(75)24-59)28-90-58(88)71-39(22-32-25-64-34-13-7-6-12-33(32)34)52(83)66-35(16-17-45(60)76)49(80)70-41-29-89-47-27-72(56(87)43(23-48(78)79)74(47)55(41)86)26-46(77)65-36(14-8-18-63-57(61)62)54(85)73-19-9-15-42(73)53(84)68-38(51(82)67-37)21-31-10-4-3-5-11-31/h3-7,10-13,25,30,35-43,47,64H,8-9,14-24,26-29,59H2,1-2H3,(H2,60,76)(H,65,77)(H,66,83)(H,67,82)(H,68,84)(H,69,81)(H,70,80)(H,71,88)(H,78,79)(H4,61,62,63)/t35-,36-,37-,38-,39-,40?,41-,42-,43-,47?/m0/s1. The minimum atomic E-state index is -1.70. The zero-order valence-corrected chi connectivity index (χ0v) is 51.4. The highest BCUT2D eigenvalue weighted by atomic mass is 32.2. The quantitative estimate of drug-likeness (QED) is 0.0368. The molecule has 2 unspecified atom stereocenters. The number of carbonyl (C=O) groups is 13. The van der Waals surface area contributed by atoms with E-state index in [4.69, 9.17) is 22.9 Å². The molecule has 0 saturated carbocycles. The number of benzene rings is 2. The number of fused-ring (bicyclic) bond motifs is 3. The topological polar surface area (TPSA) is 468 Å². The molecule has 3 aromatic rings. The van der Waals surface area contributed by atoms with E-state index < -0.39 is 174 Å². The molecular formula is C58H78N16O14S2. The number of thioether (sulfide) groups is 2. The Balaban J connectivity index is 1.25. The Morgan fingerprint density at radius 1 is 0.722 bits per heavy atom. The van der Waals surface area contributed by atoms with Gasteiger partial charge < -0.3 is 84.9 Å². The minimum Gasteiger partial charge on any atom is -0.481 e. The number of nitrogens with one attached hydrogen (secondary N) is 8. The smallest absolute Gasteiger partial charge is 0.305 e. The van der Waals surface area contributed by atoms with E-state index in [1.165, 1.54) is 4.90 Å². The van der Waals surface area contributed by atoms with Crippen molar-refractivity contribution in [1.82, 2.24) is 56.9 Å². The lowest BCUT2D eigenvalue weighted by Gasteiger charge is -2.49. The molecule has 0 spiro atoms. The van der Waals surface area contributed by atoms with E-state index in [0.29, 0.717) is 40.2 Å². The van der Waals surface area contributed by atoms with Gasteiger partial charge in [0.25, 0.3) is 5.24 Å². The van der Waals surface area contributed by atoms with E-state index in [1.807, 2.05) is 0 Å². The molecule has 4 bridgehead atoms. The number of aliphatic imine (C=N–C) groups is 1. The number of aliphatic carboxylic acids is 1. The molecule has 32 heteroatoms. The second kappa shape index (κ2) is 32.1. The van der Waals surface area contributed by atoms with Crippen molar-refractivity contribution in [2.75, 3.05) is 44.2 Å². The zero-order valence-electron chi connectivity index (χ0n) is 49.8. The molecule has 90 heavy (non-hydrogen) atoms. The van der Waals surface area contributed by atoms with Crippen LogP contribution in [-0.4, -0.2) is 211 Å². The molecule has 0 radical (unpaired) electrons. The number of carboxylic acids is 1. The number of nitrogens with zero attached hydrogens (tertiary/aromatic N) is 4. The average Bonchev–Trinajstić information content (AvgIpc) is 1.23. The van der Waals surface area contributed by atoms with Crippen LogP contribution in [0.4, 0.5) is 4.79 Å². The van der Waals surface area contributed by atoms with Crippen LogP contribution in [0.25, 0.3) is 10.9 Å². The summed E-state index contributed by atoms with van der Waals surface area (Å²) >= 11 is 1.56. The first kappa shape index (κ1) is 68.7. The molecular weight excluding hydrogens is 1210 g/mol. The van der Waals surface area contributed by atoms with Gasteiger partial charge >= 0.3 is 5.97 Å². The van der Waals surface area contributed by atoms with Crippen molar-refractivity contribution < 1.29 is 67.4 Å². The van der Waals surface area contributed by atoms with Gasteiger partial charge in [0, 0.05) is 61.0 Å². The third kappa shape index (κ3) is 18.6. The number of guanidine groups is 1. The number of ketones is 1. The van der Waals surface area contributed by atoms with Crippen molar-refractivity contribution in [3.63, 3.8) is 0 Å². The molecule has 2 aromatic carbocycles. The van der Waals surface area contributed by atoms with Gasteiger partial charge in [0.2, 0.25) is 59.1 Å². The lowest BCUT2D eigenvalue weighted by Crippen LogP contribution is -2.69. The number of carboxylic acid groups (broad SMARTS) is 1. The van der Waals surface area contributed by atoms with Gasteiger partial charge in [-0.25, -0.2) is 0 Å². The van der Waals surface area contributed by atoms with Crippen LogP contribution in [0, 0.1) is 5.92 Å². The van der Waals surface area contributed by atoms with Crippen LogP contribution in [0.3, 0.4) is 0 Å². The summed E-state index contributed by atoms with van der Waals surface area (Å²) < 4.78 is 0. The molecule has 6 aliphatic heterocycles. The van der Waals surface area contributed by atoms with Gasteiger partial charge in [0.1, 0.15) is 48.3 Å². The number of piperazine rings is 1. The van der Waals surface area contributed by atoms with Crippen molar-refractivity contribution in [3.8, 4) is 0 Å². The number of carbonyl (C=O) groups excluding carboxylic acids is 12. The van der Waals surface area contributed by atoms with Crippen LogP contribution in [0.5, 0.6) is 0 Å². The van der Waals surface area contributed by atoms with Gasteiger partial charge in [-0.2, -0.15) is 0 Å². The summed E-state index contributed by atoms with van der Waals surface area (Å²) in [4.78, 5) is 193. The predicted molar refractivity (Wildman–Crippen MR) is 331 cm³/mol. The van der Waals surface area contributed by atoms with Crippen LogP contribution in [-0.2, 0) is 70.4 Å². The Hall–Kier alpha value is -8.78. The van der Waals surface area contributed by atoms with Crippen LogP contribution in [0.15, 0.2) is 65.8 Å². The number of primary amides is 1. The lowest BCUT2D eigenvalue weighted by molar-refractivity contribution is -0.159. The number of amides is 11. The normalized spacial score (nSPS) is 25.6. The van der Waals surface area contributed by atoms with Crippen LogP contribution >= 0.6 is 23.5 Å². The van der Waals surface area contributed by atoms with Gasteiger partial charge in [-0.05, 0) is 61.6 Å². The number of rotatable bonds is 17. The number of aromatic nitrogens is 1. The molecule has 11 amide bonds. The predicted octanol–water partition coefficient (Wildman–Crippen LogP) is -2.84. The van der Waals surface area contributed by atoms with Crippen molar-refractivity contribution in [3.05, 3.63) is 71.9 Å². The first-order chi connectivity index (χ1) is 42.9. The molecule has 6 aliphatic rings. The van der Waals surface area contributed by atoms with Crippen LogP contribution in [0.1, 0.15) is 76.3 Å². The Bertz CT molecular complexity index is 3220. The molecule has 10 atom stereocenters. The minimum absolute atomic E-state index is 0.0226. The summed E-state index contributed by atoms with van der Waals surface area (Å²) in [6.45, 7) is 2.04.